The molecule has 0 unspecified atom stereocenters. The van der Waals surface area contributed by atoms with Crippen LogP contribution < -0.4 is 15.4 Å². The Morgan fingerprint density at radius 1 is 0.967 bits per heavy atom. The zero-order valence-electron chi connectivity index (χ0n) is 16.1. The molecule has 3 rings (SSSR count). The van der Waals surface area contributed by atoms with E-state index >= 15 is 0 Å². The molecule has 0 bridgehead atoms. The molecule has 0 aromatic heterocycles. The standard InChI is InChI=1S/C22H21Cl2N3O3/c23-18-6-9-22(30-15-16-4-2-1-3-5-16)17(12-18)14-25-10-11-26-21-8-7-19(27(28)29)13-20(21)24/h1-9,12-13,25-26H,10-11,14-15H2. The van der Waals surface area contributed by atoms with Gasteiger partial charge in [0.05, 0.1) is 15.6 Å². The fourth-order valence-electron chi connectivity index (χ4n) is 2.83. The predicted octanol–water partition coefficient (Wildman–Crippen LogP) is 5.68. The van der Waals surface area contributed by atoms with Crippen LogP contribution in [0.1, 0.15) is 11.1 Å². The Labute approximate surface area is 184 Å². The Kier molecular flexibility index (Phi) is 7.90. The first-order valence-corrected chi connectivity index (χ1v) is 10.1. The molecule has 0 amide bonds. The van der Waals surface area contributed by atoms with Crippen LogP contribution in [-0.2, 0) is 13.2 Å². The number of ether oxygens (including phenoxy) is 1. The molecule has 30 heavy (non-hydrogen) atoms. The van der Waals surface area contributed by atoms with Gasteiger partial charge in [-0.3, -0.25) is 10.1 Å². The zero-order chi connectivity index (χ0) is 21.3. The van der Waals surface area contributed by atoms with Crippen molar-refractivity contribution >= 4 is 34.6 Å². The summed E-state index contributed by atoms with van der Waals surface area (Å²) in [5.41, 5.74) is 2.67. The summed E-state index contributed by atoms with van der Waals surface area (Å²) < 4.78 is 5.96. The lowest BCUT2D eigenvalue weighted by atomic mass is 10.2. The minimum atomic E-state index is -0.473. The lowest BCUT2D eigenvalue weighted by Crippen LogP contribution is -2.22. The Morgan fingerprint density at radius 3 is 2.50 bits per heavy atom. The minimum absolute atomic E-state index is 0.0346. The number of nitro benzene ring substituents is 1. The van der Waals surface area contributed by atoms with E-state index in [1.165, 1.54) is 12.1 Å². The van der Waals surface area contributed by atoms with Crippen LogP contribution in [0.25, 0.3) is 0 Å². The predicted molar refractivity (Wildman–Crippen MR) is 121 cm³/mol. The molecule has 0 fully saturated rings. The third kappa shape index (κ3) is 6.35. The lowest BCUT2D eigenvalue weighted by molar-refractivity contribution is -0.384. The lowest BCUT2D eigenvalue weighted by Gasteiger charge is -2.14. The fraction of sp³-hybridized carbons (Fsp3) is 0.182. The third-order valence-electron chi connectivity index (χ3n) is 4.36. The normalized spacial score (nSPS) is 10.6. The summed E-state index contributed by atoms with van der Waals surface area (Å²) >= 11 is 12.2. The first-order chi connectivity index (χ1) is 14.5. The Bertz CT molecular complexity index is 1000. The van der Waals surface area contributed by atoms with Crippen LogP contribution in [0.15, 0.2) is 66.7 Å². The molecule has 3 aromatic carbocycles. The van der Waals surface area contributed by atoms with Crippen LogP contribution >= 0.6 is 23.2 Å². The molecule has 0 aliphatic carbocycles. The second-order valence-electron chi connectivity index (χ2n) is 6.55. The summed E-state index contributed by atoms with van der Waals surface area (Å²) in [6.45, 7) is 2.31. The van der Waals surface area contributed by atoms with Gasteiger partial charge in [-0.15, -0.1) is 0 Å². The topological polar surface area (TPSA) is 76.4 Å². The highest BCUT2D eigenvalue weighted by atomic mass is 35.5. The maximum Gasteiger partial charge on any atom is 0.271 e. The molecular weight excluding hydrogens is 425 g/mol. The van der Waals surface area contributed by atoms with Crippen LogP contribution in [0, 0.1) is 10.1 Å². The Morgan fingerprint density at radius 2 is 1.77 bits per heavy atom. The van der Waals surface area contributed by atoms with Crippen LogP contribution in [-0.4, -0.2) is 18.0 Å². The van der Waals surface area contributed by atoms with Gasteiger partial charge in [-0.1, -0.05) is 53.5 Å². The van der Waals surface area contributed by atoms with Crippen molar-refractivity contribution in [3.8, 4) is 5.75 Å². The molecule has 0 aliphatic rings. The Balaban J connectivity index is 1.49. The zero-order valence-corrected chi connectivity index (χ0v) is 17.6. The fourth-order valence-corrected chi connectivity index (χ4v) is 3.27. The number of nitrogens with zero attached hydrogens (tertiary/aromatic N) is 1. The molecule has 0 saturated carbocycles. The van der Waals surface area contributed by atoms with Gasteiger partial charge in [-0.25, -0.2) is 0 Å². The third-order valence-corrected chi connectivity index (χ3v) is 4.90. The van der Waals surface area contributed by atoms with Crippen molar-refractivity contribution in [3.63, 3.8) is 0 Å². The average molecular weight is 446 g/mol. The number of nitro groups is 1. The van der Waals surface area contributed by atoms with Crippen molar-refractivity contribution < 1.29 is 9.66 Å². The molecule has 0 atom stereocenters. The summed E-state index contributed by atoms with van der Waals surface area (Å²) in [5, 5.41) is 18.2. The van der Waals surface area contributed by atoms with E-state index in [0.29, 0.717) is 42.0 Å². The number of anilines is 1. The molecule has 0 spiro atoms. The molecule has 6 nitrogen and oxygen atoms in total. The largest absolute Gasteiger partial charge is 0.489 e. The monoisotopic (exact) mass is 445 g/mol. The van der Waals surface area contributed by atoms with E-state index in [4.69, 9.17) is 27.9 Å². The second kappa shape index (κ2) is 10.8. The van der Waals surface area contributed by atoms with Gasteiger partial charge in [0.1, 0.15) is 12.4 Å². The van der Waals surface area contributed by atoms with E-state index in [9.17, 15) is 10.1 Å². The van der Waals surface area contributed by atoms with Crippen molar-refractivity contribution in [1.29, 1.82) is 0 Å². The first kappa shape index (κ1) is 21.9. The summed E-state index contributed by atoms with van der Waals surface area (Å²) in [4.78, 5) is 10.3. The molecule has 2 N–H and O–H groups in total. The smallest absolute Gasteiger partial charge is 0.271 e. The number of nitrogens with one attached hydrogen (secondary N) is 2. The number of halogens is 2. The van der Waals surface area contributed by atoms with Crippen LogP contribution in [0.5, 0.6) is 5.75 Å². The van der Waals surface area contributed by atoms with Crippen molar-refractivity contribution in [2.75, 3.05) is 18.4 Å². The molecule has 0 aliphatic heterocycles. The van der Waals surface area contributed by atoms with Gasteiger partial charge in [0.25, 0.3) is 5.69 Å². The number of non-ortho nitro benzene ring substituents is 1. The van der Waals surface area contributed by atoms with E-state index in [-0.39, 0.29) is 5.69 Å². The summed E-state index contributed by atoms with van der Waals surface area (Å²) in [7, 11) is 0. The van der Waals surface area contributed by atoms with Gasteiger partial charge >= 0.3 is 0 Å². The van der Waals surface area contributed by atoms with Crippen molar-refractivity contribution in [2.24, 2.45) is 0 Å². The summed E-state index contributed by atoms with van der Waals surface area (Å²) in [6, 6.07) is 19.9. The number of benzene rings is 3. The van der Waals surface area contributed by atoms with Gasteiger partial charge in [-0.05, 0) is 29.8 Å². The minimum Gasteiger partial charge on any atom is -0.489 e. The quantitative estimate of drug-likeness (QED) is 0.238. The Hall–Kier alpha value is -2.80. The van der Waals surface area contributed by atoms with Crippen molar-refractivity contribution in [2.45, 2.75) is 13.2 Å². The van der Waals surface area contributed by atoms with Gasteiger partial charge < -0.3 is 15.4 Å². The molecule has 8 heteroatoms. The highest BCUT2D eigenvalue weighted by Crippen LogP contribution is 2.26. The van der Waals surface area contributed by atoms with Crippen LogP contribution in [0.4, 0.5) is 11.4 Å². The molecule has 3 aromatic rings. The SMILES string of the molecule is O=[N+]([O-])c1ccc(NCCNCc2cc(Cl)ccc2OCc2ccccc2)c(Cl)c1. The molecule has 0 heterocycles. The molecular formula is C22H21Cl2N3O3. The summed E-state index contributed by atoms with van der Waals surface area (Å²) in [5.74, 6) is 0.780. The van der Waals surface area contributed by atoms with Crippen LogP contribution in [0.2, 0.25) is 10.0 Å². The van der Waals surface area contributed by atoms with E-state index in [0.717, 1.165) is 16.9 Å². The maximum absolute atomic E-state index is 10.8. The molecule has 156 valence electrons. The highest BCUT2D eigenvalue weighted by Gasteiger charge is 2.09. The highest BCUT2D eigenvalue weighted by molar-refractivity contribution is 6.33. The van der Waals surface area contributed by atoms with Gasteiger partial charge in [0, 0.05) is 42.4 Å². The van der Waals surface area contributed by atoms with Crippen molar-refractivity contribution in [1.82, 2.24) is 5.32 Å². The van der Waals surface area contributed by atoms with Gasteiger partial charge in [0.15, 0.2) is 0 Å². The number of rotatable bonds is 10. The van der Waals surface area contributed by atoms with E-state index in [2.05, 4.69) is 10.6 Å². The molecule has 0 radical (unpaired) electrons. The van der Waals surface area contributed by atoms with Gasteiger partial charge in [-0.2, -0.15) is 0 Å². The summed E-state index contributed by atoms with van der Waals surface area (Å²) in [6.07, 6.45) is 0. The second-order valence-corrected chi connectivity index (χ2v) is 7.39. The number of hydrogen-bond acceptors (Lipinski definition) is 5. The van der Waals surface area contributed by atoms with Gasteiger partial charge in [0.2, 0.25) is 0 Å². The van der Waals surface area contributed by atoms with E-state index in [1.807, 2.05) is 48.5 Å². The van der Waals surface area contributed by atoms with Crippen LogP contribution in [0.3, 0.4) is 0 Å². The first-order valence-electron chi connectivity index (χ1n) is 9.36. The maximum atomic E-state index is 10.8. The average Bonchev–Trinajstić information content (AvgIpc) is 2.74. The van der Waals surface area contributed by atoms with Crippen molar-refractivity contribution in [3.05, 3.63) is 98.0 Å². The van der Waals surface area contributed by atoms with E-state index < -0.39 is 4.92 Å². The number of hydrogen-bond donors (Lipinski definition) is 2. The van der Waals surface area contributed by atoms with E-state index in [1.54, 1.807) is 6.07 Å². The molecule has 0 saturated heterocycles.